The first-order chi connectivity index (χ1) is 9.06. The SMILES string of the molecule is Cc1ccc(F)c(-c2nc3ccc(F)cc3[nH]2)c1F. The molecular weight excluding hydrogens is 253 g/mol. The summed E-state index contributed by atoms with van der Waals surface area (Å²) in [5.41, 5.74) is 0.951. The van der Waals surface area contributed by atoms with Gasteiger partial charge in [-0.3, -0.25) is 0 Å². The maximum atomic E-state index is 14.0. The fourth-order valence-electron chi connectivity index (χ4n) is 1.97. The highest BCUT2D eigenvalue weighted by molar-refractivity contribution is 5.79. The van der Waals surface area contributed by atoms with Crippen LogP contribution in [0.3, 0.4) is 0 Å². The van der Waals surface area contributed by atoms with Crippen molar-refractivity contribution < 1.29 is 13.2 Å². The molecule has 0 unspecified atom stereocenters. The molecule has 1 heterocycles. The average Bonchev–Trinajstić information content (AvgIpc) is 2.77. The molecule has 0 radical (unpaired) electrons. The maximum Gasteiger partial charge on any atom is 0.144 e. The minimum absolute atomic E-state index is 0.0549. The Balaban J connectivity index is 2.27. The summed E-state index contributed by atoms with van der Waals surface area (Å²) in [6.45, 7) is 1.54. The van der Waals surface area contributed by atoms with E-state index in [2.05, 4.69) is 9.97 Å². The third-order valence-electron chi connectivity index (χ3n) is 2.96. The van der Waals surface area contributed by atoms with Crippen molar-refractivity contribution in [2.24, 2.45) is 0 Å². The van der Waals surface area contributed by atoms with Crippen molar-refractivity contribution in [3.05, 3.63) is 53.3 Å². The molecule has 5 heteroatoms. The van der Waals surface area contributed by atoms with Crippen LogP contribution in [0.5, 0.6) is 0 Å². The molecule has 0 fully saturated rings. The Bertz CT molecular complexity index is 778. The highest BCUT2D eigenvalue weighted by Crippen LogP contribution is 2.27. The van der Waals surface area contributed by atoms with Crippen molar-refractivity contribution >= 4 is 11.0 Å². The van der Waals surface area contributed by atoms with Gasteiger partial charge in [0.25, 0.3) is 0 Å². The minimum atomic E-state index is -0.706. The molecule has 3 aromatic rings. The van der Waals surface area contributed by atoms with Crippen LogP contribution in [-0.4, -0.2) is 9.97 Å². The Labute approximate surface area is 106 Å². The number of benzene rings is 2. The van der Waals surface area contributed by atoms with Crippen LogP contribution in [0.25, 0.3) is 22.4 Å². The third kappa shape index (κ3) is 1.87. The lowest BCUT2D eigenvalue weighted by Gasteiger charge is -2.03. The zero-order valence-electron chi connectivity index (χ0n) is 9.97. The minimum Gasteiger partial charge on any atom is -0.338 e. The lowest BCUT2D eigenvalue weighted by Crippen LogP contribution is -1.94. The highest BCUT2D eigenvalue weighted by Gasteiger charge is 2.17. The van der Waals surface area contributed by atoms with E-state index >= 15 is 0 Å². The summed E-state index contributed by atoms with van der Waals surface area (Å²) >= 11 is 0. The summed E-state index contributed by atoms with van der Waals surface area (Å²) in [6, 6.07) is 6.47. The fourth-order valence-corrected chi connectivity index (χ4v) is 1.97. The molecule has 0 atom stereocenters. The summed E-state index contributed by atoms with van der Waals surface area (Å²) in [5.74, 6) is -1.76. The van der Waals surface area contributed by atoms with Crippen LogP contribution in [0.15, 0.2) is 30.3 Å². The van der Waals surface area contributed by atoms with Gasteiger partial charge in [0.15, 0.2) is 0 Å². The molecule has 0 aliphatic rings. The van der Waals surface area contributed by atoms with E-state index in [-0.39, 0.29) is 11.4 Å². The molecule has 0 saturated heterocycles. The first-order valence-electron chi connectivity index (χ1n) is 5.66. The van der Waals surface area contributed by atoms with Crippen molar-refractivity contribution in [3.8, 4) is 11.4 Å². The Morgan fingerprint density at radius 3 is 2.63 bits per heavy atom. The monoisotopic (exact) mass is 262 g/mol. The number of hydrogen-bond acceptors (Lipinski definition) is 1. The van der Waals surface area contributed by atoms with Crippen molar-refractivity contribution in [2.75, 3.05) is 0 Å². The molecule has 3 rings (SSSR count). The summed E-state index contributed by atoms with van der Waals surface area (Å²) in [7, 11) is 0. The van der Waals surface area contributed by atoms with Crippen LogP contribution in [0.2, 0.25) is 0 Å². The predicted molar refractivity (Wildman–Crippen MR) is 66.1 cm³/mol. The van der Waals surface area contributed by atoms with E-state index in [4.69, 9.17) is 0 Å². The van der Waals surface area contributed by atoms with Crippen LogP contribution < -0.4 is 0 Å². The van der Waals surface area contributed by atoms with Gasteiger partial charge in [0, 0.05) is 0 Å². The number of nitrogens with zero attached hydrogens (tertiary/aromatic N) is 1. The second-order valence-electron chi connectivity index (χ2n) is 4.30. The molecule has 0 aliphatic carbocycles. The van der Waals surface area contributed by atoms with Crippen LogP contribution >= 0.6 is 0 Å². The first-order valence-corrected chi connectivity index (χ1v) is 5.66. The standard InChI is InChI=1S/C14H9F3N2/c1-7-2-4-9(16)12(13(7)17)14-18-10-5-3-8(15)6-11(10)19-14/h2-6H,1H3,(H,18,19). The molecule has 0 aliphatic heterocycles. The highest BCUT2D eigenvalue weighted by atomic mass is 19.1. The Morgan fingerprint density at radius 1 is 1.05 bits per heavy atom. The number of fused-ring (bicyclic) bond motifs is 1. The molecular formula is C14H9F3N2. The van der Waals surface area contributed by atoms with Gasteiger partial charge in [0.1, 0.15) is 23.3 Å². The second-order valence-corrected chi connectivity index (χ2v) is 4.30. The third-order valence-corrected chi connectivity index (χ3v) is 2.96. The van der Waals surface area contributed by atoms with Crippen molar-refractivity contribution in [1.29, 1.82) is 0 Å². The van der Waals surface area contributed by atoms with Gasteiger partial charge in [0.2, 0.25) is 0 Å². The van der Waals surface area contributed by atoms with E-state index in [0.717, 1.165) is 0 Å². The number of aromatic amines is 1. The lowest BCUT2D eigenvalue weighted by atomic mass is 10.1. The van der Waals surface area contributed by atoms with Crippen LogP contribution in [0, 0.1) is 24.4 Å². The number of aromatic nitrogens is 2. The number of hydrogen-bond donors (Lipinski definition) is 1. The van der Waals surface area contributed by atoms with E-state index in [1.54, 1.807) is 6.92 Å². The van der Waals surface area contributed by atoms with E-state index in [9.17, 15) is 13.2 Å². The van der Waals surface area contributed by atoms with Gasteiger partial charge in [0.05, 0.1) is 16.6 Å². The Kier molecular flexibility index (Phi) is 2.55. The molecule has 0 amide bonds. The smallest absolute Gasteiger partial charge is 0.144 e. The Morgan fingerprint density at radius 2 is 1.84 bits per heavy atom. The van der Waals surface area contributed by atoms with Crippen LogP contribution in [-0.2, 0) is 0 Å². The molecule has 0 saturated carbocycles. The van der Waals surface area contributed by atoms with Crippen molar-refractivity contribution in [1.82, 2.24) is 9.97 Å². The van der Waals surface area contributed by atoms with Gasteiger partial charge in [-0.2, -0.15) is 0 Å². The second kappa shape index (κ2) is 4.12. The van der Waals surface area contributed by atoms with Gasteiger partial charge in [-0.15, -0.1) is 0 Å². The lowest BCUT2D eigenvalue weighted by molar-refractivity contribution is 0.582. The zero-order chi connectivity index (χ0) is 13.6. The van der Waals surface area contributed by atoms with Crippen LogP contribution in [0.4, 0.5) is 13.2 Å². The summed E-state index contributed by atoms with van der Waals surface area (Å²) in [5, 5.41) is 0. The van der Waals surface area contributed by atoms with Crippen molar-refractivity contribution in [3.63, 3.8) is 0 Å². The molecule has 0 spiro atoms. The van der Waals surface area contributed by atoms with Crippen molar-refractivity contribution in [2.45, 2.75) is 6.92 Å². The van der Waals surface area contributed by atoms with Gasteiger partial charge in [-0.05, 0) is 36.8 Å². The van der Waals surface area contributed by atoms with Gasteiger partial charge in [-0.1, -0.05) is 6.07 Å². The zero-order valence-corrected chi connectivity index (χ0v) is 9.97. The van der Waals surface area contributed by atoms with Crippen LogP contribution in [0.1, 0.15) is 5.56 Å². The van der Waals surface area contributed by atoms with Gasteiger partial charge >= 0.3 is 0 Å². The maximum absolute atomic E-state index is 14.0. The molecule has 1 aromatic heterocycles. The molecule has 2 aromatic carbocycles. The number of aryl methyl sites for hydroxylation is 1. The quantitative estimate of drug-likeness (QED) is 0.706. The molecule has 19 heavy (non-hydrogen) atoms. The Hall–Kier alpha value is -2.30. The number of H-pyrrole nitrogens is 1. The molecule has 1 N–H and O–H groups in total. The van der Waals surface area contributed by atoms with Gasteiger partial charge < -0.3 is 4.98 Å². The first kappa shape index (κ1) is 11.8. The molecule has 0 bridgehead atoms. The molecule has 96 valence electrons. The van der Waals surface area contributed by atoms with E-state index in [1.165, 1.54) is 30.3 Å². The summed E-state index contributed by atoms with van der Waals surface area (Å²) in [4.78, 5) is 6.82. The average molecular weight is 262 g/mol. The van der Waals surface area contributed by atoms with E-state index in [1.807, 2.05) is 0 Å². The van der Waals surface area contributed by atoms with E-state index < -0.39 is 17.5 Å². The summed E-state index contributed by atoms with van der Waals surface area (Å²) < 4.78 is 40.8. The number of halogens is 3. The number of nitrogens with one attached hydrogen (secondary N) is 1. The fraction of sp³-hybridized carbons (Fsp3) is 0.0714. The normalized spacial score (nSPS) is 11.2. The number of rotatable bonds is 1. The predicted octanol–water partition coefficient (Wildman–Crippen LogP) is 3.96. The summed E-state index contributed by atoms with van der Waals surface area (Å²) in [6.07, 6.45) is 0. The topological polar surface area (TPSA) is 28.7 Å². The number of imidazole rings is 1. The van der Waals surface area contributed by atoms with E-state index in [0.29, 0.717) is 16.6 Å². The largest absolute Gasteiger partial charge is 0.338 e. The molecule has 2 nitrogen and oxygen atoms in total. The van der Waals surface area contributed by atoms with Gasteiger partial charge in [-0.25, -0.2) is 18.2 Å².